The van der Waals surface area contributed by atoms with Gasteiger partial charge in [0.05, 0.1) is 16.0 Å². The molecule has 4 rings (SSSR count). The number of amides is 1. The quantitative estimate of drug-likeness (QED) is 0.493. The van der Waals surface area contributed by atoms with Crippen molar-refractivity contribution in [2.24, 2.45) is 10.1 Å². The fraction of sp³-hybridized carbons (Fsp3) is 0.0588. The number of amidine groups is 2. The van der Waals surface area contributed by atoms with Gasteiger partial charge in [-0.2, -0.15) is 15.1 Å². The molecule has 0 saturated heterocycles. The van der Waals surface area contributed by atoms with E-state index in [-0.39, 0.29) is 17.1 Å². The second-order valence-electron chi connectivity index (χ2n) is 5.72. The fourth-order valence-electron chi connectivity index (χ4n) is 2.64. The van der Waals surface area contributed by atoms with E-state index >= 15 is 0 Å². The number of rotatable bonds is 3. The highest BCUT2D eigenvalue weighted by atomic mass is 32.2. The van der Waals surface area contributed by atoms with Crippen molar-refractivity contribution in [3.8, 4) is 11.3 Å². The van der Waals surface area contributed by atoms with Gasteiger partial charge in [-0.05, 0) is 42.5 Å². The number of carbonyl (C=O) groups excluding carboxylic acids is 1. The number of nitro groups is 1. The highest BCUT2D eigenvalue weighted by molar-refractivity contribution is 8.25. The number of carbonyl (C=O) groups is 1. The lowest BCUT2D eigenvalue weighted by Crippen LogP contribution is -2.35. The van der Waals surface area contributed by atoms with Gasteiger partial charge < -0.3 is 4.42 Å². The third kappa shape index (κ3) is 2.95. The number of nitro benzene ring substituents is 1. The number of non-ortho nitro benzene ring substituents is 1. The summed E-state index contributed by atoms with van der Waals surface area (Å²) in [7, 11) is 0. The van der Waals surface area contributed by atoms with Crippen LogP contribution in [0, 0.1) is 22.4 Å². The standard InChI is InChI=1S/C17H11N5O4S/c1-9-2-3-10(22(24)25)6-12(9)14-5-4-11(26-14)7-13-15(18)21-17(20-16(13)23)27-8-19-21/h2-8,18H,1H3/b13-7+,18-15?. The average Bonchev–Trinajstić information content (AvgIpc) is 3.28. The summed E-state index contributed by atoms with van der Waals surface area (Å²) in [6.07, 6.45) is 1.42. The Morgan fingerprint density at radius 3 is 2.93 bits per heavy atom. The first-order chi connectivity index (χ1) is 12.9. The molecule has 1 N–H and O–H groups in total. The minimum absolute atomic E-state index is 0.0394. The van der Waals surface area contributed by atoms with Gasteiger partial charge in [0.1, 0.15) is 11.5 Å². The molecule has 0 unspecified atom stereocenters. The number of thioether (sulfide) groups is 1. The zero-order valence-electron chi connectivity index (χ0n) is 13.9. The van der Waals surface area contributed by atoms with E-state index in [1.165, 1.54) is 40.5 Å². The van der Waals surface area contributed by atoms with Gasteiger partial charge in [-0.1, -0.05) is 6.07 Å². The number of fused-ring (bicyclic) bond motifs is 1. The first-order valence-corrected chi connectivity index (χ1v) is 8.60. The molecule has 1 aromatic heterocycles. The van der Waals surface area contributed by atoms with E-state index in [1.54, 1.807) is 18.2 Å². The predicted octanol–water partition coefficient (Wildman–Crippen LogP) is 3.41. The average molecular weight is 381 g/mol. The molecule has 1 amide bonds. The molecule has 134 valence electrons. The smallest absolute Gasteiger partial charge is 0.283 e. The largest absolute Gasteiger partial charge is 0.457 e. The van der Waals surface area contributed by atoms with Crippen LogP contribution in [0.15, 0.2) is 50.4 Å². The number of aryl methyl sites for hydroxylation is 1. The molecule has 2 aromatic rings. The summed E-state index contributed by atoms with van der Waals surface area (Å²) in [6.45, 7) is 1.82. The first-order valence-electron chi connectivity index (χ1n) is 7.72. The van der Waals surface area contributed by atoms with Crippen molar-refractivity contribution in [1.29, 1.82) is 5.41 Å². The van der Waals surface area contributed by atoms with Crippen molar-refractivity contribution in [2.75, 3.05) is 0 Å². The second-order valence-corrected chi connectivity index (χ2v) is 6.53. The Morgan fingerprint density at radius 2 is 2.15 bits per heavy atom. The molecule has 2 aliphatic rings. The molecule has 0 radical (unpaired) electrons. The fourth-order valence-corrected chi connectivity index (χ4v) is 3.25. The lowest BCUT2D eigenvalue weighted by molar-refractivity contribution is -0.384. The third-order valence-electron chi connectivity index (χ3n) is 4.01. The molecule has 27 heavy (non-hydrogen) atoms. The Hall–Kier alpha value is -3.53. The van der Waals surface area contributed by atoms with Crippen LogP contribution >= 0.6 is 11.8 Å². The molecular weight excluding hydrogens is 370 g/mol. The summed E-state index contributed by atoms with van der Waals surface area (Å²) in [4.78, 5) is 26.6. The molecule has 0 saturated carbocycles. The minimum atomic E-state index is -0.547. The van der Waals surface area contributed by atoms with Gasteiger partial charge in [0.25, 0.3) is 11.6 Å². The summed E-state index contributed by atoms with van der Waals surface area (Å²) < 4.78 is 5.74. The van der Waals surface area contributed by atoms with Gasteiger partial charge in [0, 0.05) is 17.7 Å². The van der Waals surface area contributed by atoms with Crippen molar-refractivity contribution in [3.05, 3.63) is 57.3 Å². The Kier molecular flexibility index (Phi) is 3.96. The number of hydrazone groups is 1. The number of nitrogens with zero attached hydrogens (tertiary/aromatic N) is 4. The zero-order valence-corrected chi connectivity index (χ0v) is 14.7. The van der Waals surface area contributed by atoms with Gasteiger partial charge in [0.15, 0.2) is 11.0 Å². The van der Waals surface area contributed by atoms with Crippen LogP contribution in [0.25, 0.3) is 17.4 Å². The predicted molar refractivity (Wildman–Crippen MR) is 102 cm³/mol. The SMILES string of the molecule is Cc1ccc([N+](=O)[O-])cc1-c1ccc(/C=C2\C(=N)N3N=CSC3=NC2=O)o1. The molecule has 10 heteroatoms. The number of hydrogen-bond donors (Lipinski definition) is 1. The highest BCUT2D eigenvalue weighted by Crippen LogP contribution is 2.31. The van der Waals surface area contributed by atoms with E-state index < -0.39 is 10.8 Å². The maximum Gasteiger partial charge on any atom is 0.283 e. The second kappa shape index (κ2) is 6.32. The van der Waals surface area contributed by atoms with Gasteiger partial charge >= 0.3 is 0 Å². The lowest BCUT2D eigenvalue weighted by Gasteiger charge is -2.19. The van der Waals surface area contributed by atoms with Crippen LogP contribution in [0.2, 0.25) is 0 Å². The molecule has 0 fully saturated rings. The Labute approximate surface area is 156 Å². The summed E-state index contributed by atoms with van der Waals surface area (Å²) in [5.41, 5.74) is 2.91. The van der Waals surface area contributed by atoms with Gasteiger partial charge in [-0.25, -0.2) is 0 Å². The van der Waals surface area contributed by atoms with Crippen LogP contribution in [-0.2, 0) is 4.79 Å². The van der Waals surface area contributed by atoms with Crippen LogP contribution in [0.1, 0.15) is 11.3 Å². The van der Waals surface area contributed by atoms with Gasteiger partial charge in [0.2, 0.25) is 0 Å². The third-order valence-corrected chi connectivity index (χ3v) is 4.68. The Bertz CT molecular complexity index is 1100. The number of hydrogen-bond acceptors (Lipinski definition) is 7. The van der Waals surface area contributed by atoms with E-state index in [9.17, 15) is 14.9 Å². The zero-order chi connectivity index (χ0) is 19.1. The van der Waals surface area contributed by atoms with E-state index in [0.29, 0.717) is 22.3 Å². The Balaban J connectivity index is 1.70. The normalized spacial score (nSPS) is 17.4. The van der Waals surface area contributed by atoms with E-state index in [0.717, 1.165) is 5.56 Å². The van der Waals surface area contributed by atoms with E-state index in [2.05, 4.69) is 10.1 Å². The topological polar surface area (TPSA) is 125 Å². The molecule has 0 spiro atoms. The van der Waals surface area contributed by atoms with Crippen LogP contribution in [0.3, 0.4) is 0 Å². The molecule has 2 aliphatic heterocycles. The number of furan rings is 1. The number of benzene rings is 1. The molecule has 1 aromatic carbocycles. The van der Waals surface area contributed by atoms with Crippen molar-refractivity contribution < 1.29 is 14.1 Å². The molecule has 0 atom stereocenters. The molecular formula is C17H11N5O4S. The lowest BCUT2D eigenvalue weighted by atomic mass is 10.1. The highest BCUT2D eigenvalue weighted by Gasteiger charge is 2.32. The molecule has 3 heterocycles. The van der Waals surface area contributed by atoms with E-state index in [4.69, 9.17) is 9.83 Å². The molecule has 0 aliphatic carbocycles. The van der Waals surface area contributed by atoms with Crippen LogP contribution < -0.4 is 0 Å². The van der Waals surface area contributed by atoms with Crippen LogP contribution in [0.5, 0.6) is 0 Å². The Morgan fingerprint density at radius 1 is 1.33 bits per heavy atom. The first kappa shape index (κ1) is 16.9. The van der Waals surface area contributed by atoms with Gasteiger partial charge in [-0.3, -0.25) is 20.3 Å². The monoisotopic (exact) mass is 381 g/mol. The van der Waals surface area contributed by atoms with Crippen molar-refractivity contribution in [2.45, 2.75) is 6.92 Å². The summed E-state index contributed by atoms with van der Waals surface area (Å²) >= 11 is 1.17. The maximum absolute atomic E-state index is 12.2. The van der Waals surface area contributed by atoms with Crippen LogP contribution in [-0.4, -0.2) is 32.4 Å². The number of nitrogens with one attached hydrogen (secondary N) is 1. The summed E-state index contributed by atoms with van der Waals surface area (Å²) in [6, 6.07) is 7.80. The van der Waals surface area contributed by atoms with Crippen LogP contribution in [0.4, 0.5) is 5.69 Å². The molecule has 9 nitrogen and oxygen atoms in total. The van der Waals surface area contributed by atoms with Crippen molar-refractivity contribution in [1.82, 2.24) is 5.01 Å². The van der Waals surface area contributed by atoms with Crippen molar-refractivity contribution >= 4 is 46.0 Å². The minimum Gasteiger partial charge on any atom is -0.457 e. The van der Waals surface area contributed by atoms with E-state index in [1.807, 2.05) is 6.92 Å². The number of aliphatic imine (C=N–C) groups is 1. The summed E-state index contributed by atoms with van der Waals surface area (Å²) in [5, 5.41) is 24.7. The maximum atomic E-state index is 12.2. The summed E-state index contributed by atoms with van der Waals surface area (Å²) in [5.74, 6) is 0.125. The van der Waals surface area contributed by atoms with Crippen molar-refractivity contribution in [3.63, 3.8) is 0 Å². The van der Waals surface area contributed by atoms with Gasteiger partial charge in [-0.15, -0.1) is 0 Å². The molecule has 0 bridgehead atoms.